The minimum atomic E-state index is -0.0657. The average molecular weight is 568 g/mol. The molecule has 4 aromatic rings. The third kappa shape index (κ3) is 6.65. The number of nitrogens with zero attached hydrogens (tertiary/aromatic N) is 3. The second-order valence-corrected chi connectivity index (χ2v) is 11.5. The number of rotatable bonds is 10. The van der Waals surface area contributed by atoms with Crippen LogP contribution in [0.4, 0.5) is 17.3 Å². The highest BCUT2D eigenvalue weighted by Gasteiger charge is 2.19. The molecule has 1 aliphatic rings. The molecule has 0 fully saturated rings. The van der Waals surface area contributed by atoms with Crippen molar-refractivity contribution in [3.63, 3.8) is 0 Å². The fourth-order valence-corrected chi connectivity index (χ4v) is 6.31. The number of unbranched alkanes of at least 4 members (excludes halogenated alkanes) is 1. The number of thiophene rings is 1. The lowest BCUT2D eigenvalue weighted by Crippen LogP contribution is -2.31. The molecule has 0 saturated heterocycles. The van der Waals surface area contributed by atoms with Crippen LogP contribution in [-0.2, 0) is 12.8 Å². The van der Waals surface area contributed by atoms with E-state index in [0.29, 0.717) is 18.1 Å². The van der Waals surface area contributed by atoms with Crippen molar-refractivity contribution < 1.29 is 9.59 Å². The summed E-state index contributed by atoms with van der Waals surface area (Å²) in [5.74, 6) is 0.439. The van der Waals surface area contributed by atoms with E-state index in [1.807, 2.05) is 67.3 Å². The summed E-state index contributed by atoms with van der Waals surface area (Å²) < 4.78 is 0. The summed E-state index contributed by atoms with van der Waals surface area (Å²) in [5, 5.41) is 6.37. The van der Waals surface area contributed by atoms with Crippen molar-refractivity contribution >= 4 is 40.5 Å². The molecule has 0 unspecified atom stereocenters. The first-order chi connectivity index (χ1) is 20.0. The smallest absolute Gasteiger partial charge is 0.265 e. The lowest BCUT2D eigenvalue weighted by Gasteiger charge is -2.20. The average Bonchev–Trinajstić information content (AvgIpc) is 3.44. The summed E-state index contributed by atoms with van der Waals surface area (Å²) >= 11 is 1.62. The molecule has 0 radical (unpaired) electrons. The Morgan fingerprint density at radius 1 is 1.02 bits per heavy atom. The highest BCUT2D eigenvalue weighted by atomic mass is 32.1. The van der Waals surface area contributed by atoms with Crippen molar-refractivity contribution in [3.8, 4) is 11.3 Å². The minimum absolute atomic E-state index is 0.0480. The number of hydrogen-bond acceptors (Lipinski definition) is 6. The van der Waals surface area contributed by atoms with Crippen LogP contribution in [0.25, 0.3) is 11.3 Å². The van der Waals surface area contributed by atoms with Gasteiger partial charge in [-0.1, -0.05) is 25.5 Å². The Kier molecular flexibility index (Phi) is 9.09. The van der Waals surface area contributed by atoms with Gasteiger partial charge in [0.25, 0.3) is 11.8 Å². The maximum absolute atomic E-state index is 13.1. The van der Waals surface area contributed by atoms with Gasteiger partial charge in [0.15, 0.2) is 0 Å². The van der Waals surface area contributed by atoms with Gasteiger partial charge >= 0.3 is 0 Å². The molecule has 0 bridgehead atoms. The normalized spacial score (nSPS) is 12.5. The third-order valence-electron chi connectivity index (χ3n) is 7.57. The van der Waals surface area contributed by atoms with Crippen molar-refractivity contribution in [2.45, 2.75) is 59.3 Å². The fraction of sp³-hybridized carbons (Fsp3) is 0.333. The van der Waals surface area contributed by atoms with E-state index >= 15 is 0 Å². The van der Waals surface area contributed by atoms with Crippen LogP contribution in [0.1, 0.15) is 75.6 Å². The molecule has 2 aromatic heterocycles. The monoisotopic (exact) mass is 567 g/mol. The Morgan fingerprint density at radius 2 is 1.83 bits per heavy atom. The quantitative estimate of drug-likeness (QED) is 0.206. The number of nitrogens with one attached hydrogen (secondary N) is 2. The predicted molar refractivity (Wildman–Crippen MR) is 167 cm³/mol. The van der Waals surface area contributed by atoms with E-state index in [4.69, 9.17) is 4.98 Å². The van der Waals surface area contributed by atoms with Gasteiger partial charge in [0.05, 0.1) is 10.6 Å². The first-order valence-corrected chi connectivity index (χ1v) is 15.3. The Labute approximate surface area is 246 Å². The number of benzene rings is 2. The van der Waals surface area contributed by atoms with E-state index in [-0.39, 0.29) is 11.8 Å². The molecule has 2 N–H and O–H groups in total. The number of hydrogen-bond donors (Lipinski definition) is 2. The van der Waals surface area contributed by atoms with Crippen LogP contribution in [0.2, 0.25) is 0 Å². The summed E-state index contributed by atoms with van der Waals surface area (Å²) in [6.45, 7) is 7.60. The summed E-state index contributed by atoms with van der Waals surface area (Å²) in [6, 6.07) is 17.2. The van der Waals surface area contributed by atoms with E-state index in [2.05, 4.69) is 28.6 Å². The summed E-state index contributed by atoms with van der Waals surface area (Å²) in [7, 11) is 0. The Morgan fingerprint density at radius 3 is 2.59 bits per heavy atom. The van der Waals surface area contributed by atoms with Crippen LogP contribution in [0, 0.1) is 6.92 Å². The Hall–Kier alpha value is -4.04. The van der Waals surface area contributed by atoms with Gasteiger partial charge in [0, 0.05) is 46.7 Å². The fourth-order valence-electron chi connectivity index (χ4n) is 5.16. The van der Waals surface area contributed by atoms with Crippen molar-refractivity contribution in [3.05, 3.63) is 87.2 Å². The molecule has 0 saturated carbocycles. The van der Waals surface area contributed by atoms with Crippen LogP contribution in [-0.4, -0.2) is 39.8 Å². The van der Waals surface area contributed by atoms with Crippen molar-refractivity contribution in [2.24, 2.45) is 0 Å². The minimum Gasteiger partial charge on any atom is -0.339 e. The largest absolute Gasteiger partial charge is 0.339 e. The molecule has 41 heavy (non-hydrogen) atoms. The molecular weight excluding hydrogens is 530 g/mol. The molecule has 8 heteroatoms. The zero-order valence-electron chi connectivity index (χ0n) is 24.0. The number of carbonyl (C=O) groups excluding carboxylic acids is 2. The number of amides is 2. The van der Waals surface area contributed by atoms with Gasteiger partial charge in [-0.15, -0.1) is 11.3 Å². The predicted octanol–water partition coefficient (Wildman–Crippen LogP) is 7.65. The molecule has 5 rings (SSSR count). The van der Waals surface area contributed by atoms with Crippen LogP contribution < -0.4 is 10.6 Å². The summed E-state index contributed by atoms with van der Waals surface area (Å²) in [5.41, 5.74) is 6.18. The van der Waals surface area contributed by atoms with Gasteiger partial charge in [-0.05, 0) is 99.5 Å². The molecule has 0 atom stereocenters. The number of anilines is 3. The van der Waals surface area contributed by atoms with Gasteiger partial charge < -0.3 is 15.5 Å². The van der Waals surface area contributed by atoms with E-state index in [1.54, 1.807) is 17.5 Å². The molecule has 2 aromatic carbocycles. The molecule has 212 valence electrons. The zero-order chi connectivity index (χ0) is 28.8. The number of aryl methyl sites for hydroxylation is 2. The van der Waals surface area contributed by atoms with Crippen molar-refractivity contribution in [1.29, 1.82) is 0 Å². The Balaban J connectivity index is 1.29. The van der Waals surface area contributed by atoms with Gasteiger partial charge in [-0.2, -0.15) is 0 Å². The molecule has 2 heterocycles. The van der Waals surface area contributed by atoms with Gasteiger partial charge in [0.1, 0.15) is 0 Å². The molecule has 0 spiro atoms. The second kappa shape index (κ2) is 13.1. The summed E-state index contributed by atoms with van der Waals surface area (Å²) in [4.78, 5) is 39.1. The van der Waals surface area contributed by atoms with E-state index in [1.165, 1.54) is 23.3 Å². The first-order valence-electron chi connectivity index (χ1n) is 14.5. The number of fused-ring (bicyclic) bond motifs is 1. The van der Waals surface area contributed by atoms with E-state index in [9.17, 15) is 9.59 Å². The maximum atomic E-state index is 13.1. The SMILES string of the molecule is CCCCN(CC)C(=O)c1ccc(Nc2nccc(-c3cccc(NC(=O)c4cc5c(s4)CCCC5)c3C)n2)cc1. The molecular formula is C33H37N5O2S. The third-order valence-corrected chi connectivity index (χ3v) is 8.81. The molecule has 0 aliphatic heterocycles. The molecule has 7 nitrogen and oxygen atoms in total. The molecule has 2 amide bonds. The Bertz CT molecular complexity index is 1510. The number of carbonyl (C=O) groups is 2. The van der Waals surface area contributed by atoms with Gasteiger partial charge in [0.2, 0.25) is 5.95 Å². The molecule has 1 aliphatic carbocycles. The topological polar surface area (TPSA) is 87.2 Å². The van der Waals surface area contributed by atoms with Crippen molar-refractivity contribution in [2.75, 3.05) is 23.7 Å². The van der Waals surface area contributed by atoms with Crippen LogP contribution in [0.3, 0.4) is 0 Å². The lowest BCUT2D eigenvalue weighted by molar-refractivity contribution is 0.0762. The second-order valence-electron chi connectivity index (χ2n) is 10.4. The number of aromatic nitrogens is 2. The first kappa shape index (κ1) is 28.5. The standard InChI is InChI=1S/C33H37N5O2S/c1-4-6-20-38(5-2)32(40)23-14-16-25(17-15-23)35-33-34-19-18-28(37-33)26-11-9-12-27(22(26)3)36-31(39)30-21-24-10-7-8-13-29(24)41-30/h9,11-12,14-19,21H,4-8,10,13,20H2,1-3H3,(H,36,39)(H,34,35,37). The highest BCUT2D eigenvalue weighted by molar-refractivity contribution is 7.14. The summed E-state index contributed by atoms with van der Waals surface area (Å²) in [6.07, 6.45) is 8.31. The van der Waals surface area contributed by atoms with E-state index < -0.39 is 0 Å². The van der Waals surface area contributed by atoms with Crippen LogP contribution in [0.15, 0.2) is 60.8 Å². The van der Waals surface area contributed by atoms with Crippen LogP contribution in [0.5, 0.6) is 0 Å². The lowest BCUT2D eigenvalue weighted by atomic mass is 9.99. The van der Waals surface area contributed by atoms with Gasteiger partial charge in [-0.3, -0.25) is 9.59 Å². The van der Waals surface area contributed by atoms with E-state index in [0.717, 1.165) is 65.3 Å². The van der Waals surface area contributed by atoms with Gasteiger partial charge in [-0.25, -0.2) is 9.97 Å². The highest BCUT2D eigenvalue weighted by Crippen LogP contribution is 2.32. The van der Waals surface area contributed by atoms with Crippen molar-refractivity contribution in [1.82, 2.24) is 14.9 Å². The maximum Gasteiger partial charge on any atom is 0.265 e. The van der Waals surface area contributed by atoms with Crippen LogP contribution >= 0.6 is 11.3 Å². The zero-order valence-corrected chi connectivity index (χ0v) is 24.8.